The van der Waals surface area contributed by atoms with Crippen molar-refractivity contribution < 1.29 is 13.2 Å². The molecule has 0 saturated heterocycles. The van der Waals surface area contributed by atoms with E-state index < -0.39 is 10.0 Å². The highest BCUT2D eigenvalue weighted by Gasteiger charge is 2.29. The highest BCUT2D eigenvalue weighted by Crippen LogP contribution is 2.33. The van der Waals surface area contributed by atoms with E-state index in [4.69, 9.17) is 23.2 Å². The van der Waals surface area contributed by atoms with Gasteiger partial charge < -0.3 is 5.32 Å². The zero-order chi connectivity index (χ0) is 20.9. The molecule has 0 aromatic heterocycles. The number of hydrogen-bond donors (Lipinski definition) is 1. The molecule has 0 aliphatic heterocycles. The lowest BCUT2D eigenvalue weighted by atomic mass is 10.1. The molecule has 1 N–H and O–H groups in total. The number of hydrogen-bond acceptors (Lipinski definition) is 3. The highest BCUT2D eigenvalue weighted by atomic mass is 35.5. The van der Waals surface area contributed by atoms with Crippen LogP contribution in [-0.2, 0) is 14.8 Å². The van der Waals surface area contributed by atoms with E-state index >= 15 is 0 Å². The minimum Gasteiger partial charge on any atom is -0.352 e. The predicted molar refractivity (Wildman–Crippen MR) is 117 cm³/mol. The number of nitrogens with zero attached hydrogens (tertiary/aromatic N) is 1. The average molecular weight is 455 g/mol. The van der Waals surface area contributed by atoms with Gasteiger partial charge in [0, 0.05) is 11.1 Å². The monoisotopic (exact) mass is 454 g/mol. The molecular formula is C21H24Cl2N2O3S. The fourth-order valence-corrected chi connectivity index (χ4v) is 5.41. The Bertz CT molecular complexity index is 944. The van der Waals surface area contributed by atoms with Crippen LogP contribution >= 0.6 is 23.2 Å². The summed E-state index contributed by atoms with van der Waals surface area (Å²) in [5.74, 6) is -0.354. The maximum absolute atomic E-state index is 13.3. The molecule has 0 radical (unpaired) electrons. The minimum absolute atomic E-state index is 0.0705. The molecule has 1 saturated carbocycles. The number of rotatable bonds is 6. The number of carbonyl (C=O) groups is 1. The van der Waals surface area contributed by atoms with Crippen molar-refractivity contribution in [2.45, 2.75) is 49.5 Å². The summed E-state index contributed by atoms with van der Waals surface area (Å²) in [6.07, 6.45) is 6.29. The Kier molecular flexibility index (Phi) is 7.44. The molecule has 2 aromatic rings. The van der Waals surface area contributed by atoms with E-state index in [-0.39, 0.29) is 34.1 Å². The summed E-state index contributed by atoms with van der Waals surface area (Å²) in [5.41, 5.74) is 0.180. The van der Waals surface area contributed by atoms with Crippen LogP contribution in [0.15, 0.2) is 53.4 Å². The summed E-state index contributed by atoms with van der Waals surface area (Å²) < 4.78 is 27.7. The Morgan fingerprint density at radius 3 is 2.31 bits per heavy atom. The molecule has 1 aliphatic rings. The molecule has 2 aromatic carbocycles. The van der Waals surface area contributed by atoms with E-state index in [1.54, 1.807) is 24.3 Å². The van der Waals surface area contributed by atoms with Gasteiger partial charge in [-0.05, 0) is 43.2 Å². The molecule has 0 heterocycles. The quantitative estimate of drug-likeness (QED) is 0.622. The third-order valence-electron chi connectivity index (χ3n) is 5.02. The number of amides is 1. The van der Waals surface area contributed by atoms with Gasteiger partial charge in [0.2, 0.25) is 5.91 Å². The van der Waals surface area contributed by atoms with Crippen molar-refractivity contribution in [3.63, 3.8) is 0 Å². The molecule has 0 unspecified atom stereocenters. The molecule has 0 bridgehead atoms. The van der Waals surface area contributed by atoms with Crippen LogP contribution in [0, 0.1) is 0 Å². The molecule has 1 aliphatic carbocycles. The van der Waals surface area contributed by atoms with E-state index in [2.05, 4.69) is 5.32 Å². The van der Waals surface area contributed by atoms with Gasteiger partial charge in [-0.1, -0.05) is 67.1 Å². The van der Waals surface area contributed by atoms with Gasteiger partial charge in [-0.15, -0.1) is 0 Å². The molecule has 29 heavy (non-hydrogen) atoms. The standard InChI is InChI=1S/C21H24Cl2N2O3S/c22-16-12-13-19(23)20(14-16)25(29(27,28)18-10-6-3-7-11-18)15-21(26)24-17-8-4-1-2-5-9-17/h3,6-7,10-14,17H,1-2,4-5,8-9,15H2,(H,24,26). The summed E-state index contributed by atoms with van der Waals surface area (Å²) in [7, 11) is -4.01. The molecule has 156 valence electrons. The van der Waals surface area contributed by atoms with E-state index in [0.717, 1.165) is 30.0 Å². The van der Waals surface area contributed by atoms with Crippen molar-refractivity contribution in [3.8, 4) is 0 Å². The summed E-state index contributed by atoms with van der Waals surface area (Å²) >= 11 is 12.4. The number of nitrogens with one attached hydrogen (secondary N) is 1. The van der Waals surface area contributed by atoms with Gasteiger partial charge in [0.05, 0.1) is 15.6 Å². The average Bonchev–Trinajstić information content (AvgIpc) is 2.97. The third-order valence-corrected chi connectivity index (χ3v) is 7.34. The molecular weight excluding hydrogens is 431 g/mol. The highest BCUT2D eigenvalue weighted by molar-refractivity contribution is 7.92. The first-order valence-electron chi connectivity index (χ1n) is 9.70. The van der Waals surface area contributed by atoms with Crippen LogP contribution in [0.25, 0.3) is 0 Å². The first-order valence-corrected chi connectivity index (χ1v) is 11.9. The summed E-state index contributed by atoms with van der Waals surface area (Å²) in [6, 6.07) is 12.6. The lowest BCUT2D eigenvalue weighted by molar-refractivity contribution is -0.120. The SMILES string of the molecule is O=C(CN(c1cc(Cl)ccc1Cl)S(=O)(=O)c1ccccc1)NC1CCCCCC1. The van der Waals surface area contributed by atoms with Crippen molar-refractivity contribution in [2.75, 3.05) is 10.8 Å². The predicted octanol–water partition coefficient (Wildman–Crippen LogP) is 5.03. The molecule has 3 rings (SSSR count). The van der Waals surface area contributed by atoms with Crippen molar-refractivity contribution in [1.29, 1.82) is 0 Å². The zero-order valence-corrected chi connectivity index (χ0v) is 18.3. The van der Waals surface area contributed by atoms with Crippen LogP contribution in [0.2, 0.25) is 10.0 Å². The maximum Gasteiger partial charge on any atom is 0.264 e. The van der Waals surface area contributed by atoms with Crippen molar-refractivity contribution in [1.82, 2.24) is 5.32 Å². The van der Waals surface area contributed by atoms with E-state index in [1.165, 1.54) is 37.1 Å². The van der Waals surface area contributed by atoms with Gasteiger partial charge in [0.25, 0.3) is 10.0 Å². The summed E-state index contributed by atoms with van der Waals surface area (Å²) in [5, 5.41) is 3.54. The first-order chi connectivity index (χ1) is 13.9. The largest absolute Gasteiger partial charge is 0.352 e. The Morgan fingerprint density at radius 2 is 1.66 bits per heavy atom. The Labute approximate surface area is 182 Å². The van der Waals surface area contributed by atoms with Crippen molar-refractivity contribution >= 4 is 44.8 Å². The molecule has 1 fully saturated rings. The second-order valence-corrected chi connectivity index (χ2v) is 9.88. The smallest absolute Gasteiger partial charge is 0.264 e. The molecule has 8 heteroatoms. The third kappa shape index (κ3) is 5.65. The van der Waals surface area contributed by atoms with Crippen LogP contribution in [0.4, 0.5) is 5.69 Å². The Balaban J connectivity index is 1.91. The Morgan fingerprint density at radius 1 is 1.00 bits per heavy atom. The zero-order valence-electron chi connectivity index (χ0n) is 16.0. The second kappa shape index (κ2) is 9.83. The van der Waals surface area contributed by atoms with Gasteiger partial charge in [-0.25, -0.2) is 8.42 Å². The van der Waals surface area contributed by atoms with Crippen LogP contribution in [0.1, 0.15) is 38.5 Å². The van der Waals surface area contributed by atoms with E-state index in [0.29, 0.717) is 5.02 Å². The Hall–Kier alpha value is -1.76. The van der Waals surface area contributed by atoms with Gasteiger partial charge in [0.15, 0.2) is 0 Å². The molecule has 0 atom stereocenters. The van der Waals surface area contributed by atoms with Crippen molar-refractivity contribution in [3.05, 3.63) is 58.6 Å². The fourth-order valence-electron chi connectivity index (χ4n) is 3.52. The molecule has 0 spiro atoms. The topological polar surface area (TPSA) is 66.5 Å². The first kappa shape index (κ1) is 21.9. The molecule has 5 nitrogen and oxygen atoms in total. The maximum atomic E-state index is 13.3. The van der Waals surface area contributed by atoms with Gasteiger partial charge in [-0.2, -0.15) is 0 Å². The summed E-state index contributed by atoms with van der Waals surface area (Å²) in [4.78, 5) is 12.9. The van der Waals surface area contributed by atoms with Crippen LogP contribution < -0.4 is 9.62 Å². The number of carbonyl (C=O) groups excluding carboxylic acids is 1. The van der Waals surface area contributed by atoms with Crippen molar-refractivity contribution in [2.24, 2.45) is 0 Å². The van der Waals surface area contributed by atoms with Gasteiger partial charge >= 0.3 is 0 Å². The van der Waals surface area contributed by atoms with Gasteiger partial charge in [-0.3, -0.25) is 9.10 Å². The lowest BCUT2D eigenvalue weighted by Gasteiger charge is -2.26. The number of anilines is 1. The van der Waals surface area contributed by atoms with Crippen LogP contribution in [0.3, 0.4) is 0 Å². The lowest BCUT2D eigenvalue weighted by Crippen LogP contribution is -2.44. The van der Waals surface area contributed by atoms with Crippen LogP contribution in [0.5, 0.6) is 0 Å². The number of halogens is 2. The normalized spacial score (nSPS) is 15.5. The fraction of sp³-hybridized carbons (Fsp3) is 0.381. The van der Waals surface area contributed by atoms with E-state index in [1.807, 2.05) is 0 Å². The minimum atomic E-state index is -4.01. The number of benzene rings is 2. The summed E-state index contributed by atoms with van der Waals surface area (Å²) in [6.45, 7) is -0.367. The second-order valence-electron chi connectivity index (χ2n) is 7.18. The van der Waals surface area contributed by atoms with Gasteiger partial charge in [0.1, 0.15) is 6.54 Å². The van der Waals surface area contributed by atoms with E-state index in [9.17, 15) is 13.2 Å². The molecule has 1 amide bonds. The number of sulfonamides is 1. The van der Waals surface area contributed by atoms with Crippen LogP contribution in [-0.4, -0.2) is 26.9 Å².